The van der Waals surface area contributed by atoms with Crippen LogP contribution < -0.4 is 5.32 Å². The number of piperidine rings is 1. The summed E-state index contributed by atoms with van der Waals surface area (Å²) >= 11 is 6.00. The molecule has 3 aromatic rings. The minimum Gasteiger partial charge on any atom is -0.387 e. The summed E-state index contributed by atoms with van der Waals surface area (Å²) in [6.45, 7) is 2.66. The van der Waals surface area contributed by atoms with Gasteiger partial charge in [-0.2, -0.15) is 5.10 Å². The van der Waals surface area contributed by atoms with Gasteiger partial charge in [0, 0.05) is 42.7 Å². The molecule has 3 heterocycles. The van der Waals surface area contributed by atoms with Crippen LogP contribution in [0.1, 0.15) is 71.5 Å². The topological polar surface area (TPSA) is 62.5 Å². The van der Waals surface area contributed by atoms with E-state index in [1.54, 1.807) is 7.05 Å². The number of anilines is 1. The molecule has 1 saturated carbocycles. The van der Waals surface area contributed by atoms with E-state index in [-0.39, 0.29) is 17.0 Å². The zero-order valence-electron chi connectivity index (χ0n) is 17.7. The predicted molar refractivity (Wildman–Crippen MR) is 118 cm³/mol. The van der Waals surface area contributed by atoms with Crippen molar-refractivity contribution in [3.05, 3.63) is 57.8 Å². The molecule has 0 radical (unpaired) electrons. The van der Waals surface area contributed by atoms with Gasteiger partial charge in [-0.05, 0) is 57.2 Å². The lowest BCUT2D eigenvalue weighted by Crippen LogP contribution is -2.39. The summed E-state index contributed by atoms with van der Waals surface area (Å²) in [5.74, 6) is -0.152. The van der Waals surface area contributed by atoms with E-state index in [1.165, 1.54) is 25.0 Å². The number of halogens is 2. The third-order valence-electron chi connectivity index (χ3n) is 6.30. The SMILES string of the molecule is CNc1cc(F)c(Cl)cc1C(=O)N1CCCCC1c1cc2nc(C3CC3)cc(C)n2n1. The highest BCUT2D eigenvalue weighted by molar-refractivity contribution is 6.31. The first kappa shape index (κ1) is 20.2. The molecule has 5 rings (SSSR count). The Morgan fingerprint density at radius 2 is 1.97 bits per heavy atom. The average Bonchev–Trinajstić information content (AvgIpc) is 3.53. The van der Waals surface area contributed by atoms with Gasteiger partial charge in [0.05, 0.1) is 22.3 Å². The average molecular weight is 442 g/mol. The molecule has 6 nitrogen and oxygen atoms in total. The molecular weight excluding hydrogens is 417 g/mol. The third kappa shape index (κ3) is 3.65. The van der Waals surface area contributed by atoms with Crippen molar-refractivity contribution < 1.29 is 9.18 Å². The second-order valence-electron chi connectivity index (χ2n) is 8.51. The minimum atomic E-state index is -0.550. The highest BCUT2D eigenvalue weighted by Gasteiger charge is 2.33. The summed E-state index contributed by atoms with van der Waals surface area (Å²) in [7, 11) is 1.67. The number of carbonyl (C=O) groups excluding carboxylic acids is 1. The Labute approximate surface area is 185 Å². The number of amides is 1. The van der Waals surface area contributed by atoms with Crippen molar-refractivity contribution >= 4 is 28.8 Å². The standard InChI is InChI=1S/C23H25ClFN5O/c1-13-9-18(14-6-7-14)27-22-12-20(28-30(13)22)21-5-3-4-8-29(21)23(31)15-10-16(24)17(25)11-19(15)26-2/h9-12,14,21,26H,3-8H2,1-2H3. The van der Waals surface area contributed by atoms with Gasteiger partial charge in [0.25, 0.3) is 5.91 Å². The Morgan fingerprint density at radius 3 is 2.71 bits per heavy atom. The maximum absolute atomic E-state index is 13.9. The van der Waals surface area contributed by atoms with Gasteiger partial charge in [-0.15, -0.1) is 0 Å². The number of nitrogens with one attached hydrogen (secondary N) is 1. The molecule has 0 bridgehead atoms. The molecule has 8 heteroatoms. The number of carbonyl (C=O) groups is 1. The number of benzene rings is 1. The molecule has 1 saturated heterocycles. The molecule has 1 unspecified atom stereocenters. The van der Waals surface area contributed by atoms with Crippen molar-refractivity contribution in [1.29, 1.82) is 0 Å². The quantitative estimate of drug-likeness (QED) is 0.610. The fraction of sp³-hybridized carbons (Fsp3) is 0.435. The van der Waals surface area contributed by atoms with Crippen molar-refractivity contribution in [2.75, 3.05) is 18.9 Å². The van der Waals surface area contributed by atoms with Crippen molar-refractivity contribution in [2.24, 2.45) is 0 Å². The second-order valence-corrected chi connectivity index (χ2v) is 8.92. The molecule has 1 aromatic carbocycles. The number of likely N-dealkylation sites (tertiary alicyclic amines) is 1. The van der Waals surface area contributed by atoms with Gasteiger partial charge in [-0.3, -0.25) is 4.79 Å². The molecule has 1 atom stereocenters. The first-order valence-electron chi connectivity index (χ1n) is 10.8. The minimum absolute atomic E-state index is 0.0592. The number of aryl methyl sites for hydroxylation is 1. The van der Waals surface area contributed by atoms with E-state index in [2.05, 4.69) is 11.4 Å². The van der Waals surface area contributed by atoms with Crippen LogP contribution in [0.15, 0.2) is 24.3 Å². The van der Waals surface area contributed by atoms with Crippen LogP contribution in [0, 0.1) is 12.7 Å². The Hall–Kier alpha value is -2.67. The zero-order chi connectivity index (χ0) is 21.7. The summed E-state index contributed by atoms with van der Waals surface area (Å²) in [6.07, 6.45) is 5.16. The molecule has 1 aliphatic heterocycles. The number of rotatable bonds is 4. The van der Waals surface area contributed by atoms with Gasteiger partial charge in [0.1, 0.15) is 5.82 Å². The molecule has 31 heavy (non-hydrogen) atoms. The van der Waals surface area contributed by atoms with E-state index in [4.69, 9.17) is 21.7 Å². The van der Waals surface area contributed by atoms with Crippen LogP contribution in [-0.4, -0.2) is 39.0 Å². The number of hydrogen-bond acceptors (Lipinski definition) is 4. The van der Waals surface area contributed by atoms with Crippen molar-refractivity contribution in [3.63, 3.8) is 0 Å². The fourth-order valence-electron chi connectivity index (χ4n) is 4.49. The Morgan fingerprint density at radius 1 is 1.16 bits per heavy atom. The Kier molecular flexibility index (Phi) is 5.08. The van der Waals surface area contributed by atoms with E-state index < -0.39 is 5.82 Å². The fourth-order valence-corrected chi connectivity index (χ4v) is 4.65. The van der Waals surface area contributed by atoms with Crippen LogP contribution in [0.5, 0.6) is 0 Å². The number of aromatic nitrogens is 3. The van der Waals surface area contributed by atoms with Crippen molar-refractivity contribution in [2.45, 2.75) is 51.0 Å². The molecule has 0 spiro atoms. The molecule has 1 aliphatic carbocycles. The van der Waals surface area contributed by atoms with Gasteiger partial charge >= 0.3 is 0 Å². The maximum atomic E-state index is 13.9. The van der Waals surface area contributed by atoms with Gasteiger partial charge in [-0.1, -0.05) is 11.6 Å². The lowest BCUT2D eigenvalue weighted by Gasteiger charge is -2.35. The first-order chi connectivity index (χ1) is 15.0. The smallest absolute Gasteiger partial charge is 0.256 e. The highest BCUT2D eigenvalue weighted by Crippen LogP contribution is 2.40. The zero-order valence-corrected chi connectivity index (χ0v) is 18.4. The number of fused-ring (bicyclic) bond motifs is 1. The lowest BCUT2D eigenvalue weighted by molar-refractivity contribution is 0.0606. The molecule has 2 aromatic heterocycles. The Balaban J connectivity index is 1.52. The summed E-state index contributed by atoms with van der Waals surface area (Å²) in [6, 6.07) is 6.65. The molecular formula is C23H25ClFN5O. The highest BCUT2D eigenvalue weighted by atomic mass is 35.5. The Bertz CT molecular complexity index is 1170. The van der Waals surface area contributed by atoms with Gasteiger partial charge < -0.3 is 10.2 Å². The predicted octanol–water partition coefficient (Wildman–Crippen LogP) is 5.12. The van der Waals surface area contributed by atoms with E-state index in [0.717, 1.165) is 42.0 Å². The molecule has 1 N–H and O–H groups in total. The summed E-state index contributed by atoms with van der Waals surface area (Å²) in [5.41, 5.74) is 4.65. The largest absolute Gasteiger partial charge is 0.387 e. The molecule has 1 amide bonds. The molecule has 2 aliphatic rings. The summed E-state index contributed by atoms with van der Waals surface area (Å²) < 4.78 is 15.8. The van der Waals surface area contributed by atoms with Crippen molar-refractivity contribution in [3.8, 4) is 0 Å². The van der Waals surface area contributed by atoms with Crippen LogP contribution in [0.2, 0.25) is 5.02 Å². The molecule has 162 valence electrons. The second kappa shape index (κ2) is 7.79. The van der Waals surface area contributed by atoms with Crippen LogP contribution in [0.25, 0.3) is 5.65 Å². The van der Waals surface area contributed by atoms with E-state index >= 15 is 0 Å². The van der Waals surface area contributed by atoms with Crippen LogP contribution >= 0.6 is 11.6 Å². The van der Waals surface area contributed by atoms with Crippen LogP contribution in [0.4, 0.5) is 10.1 Å². The number of hydrogen-bond donors (Lipinski definition) is 1. The lowest BCUT2D eigenvalue weighted by atomic mass is 9.98. The first-order valence-corrected chi connectivity index (χ1v) is 11.2. The maximum Gasteiger partial charge on any atom is 0.256 e. The summed E-state index contributed by atoms with van der Waals surface area (Å²) in [5, 5.41) is 7.67. The van der Waals surface area contributed by atoms with E-state index in [1.807, 2.05) is 22.4 Å². The molecule has 2 fully saturated rings. The monoisotopic (exact) mass is 441 g/mol. The van der Waals surface area contributed by atoms with E-state index in [0.29, 0.717) is 23.7 Å². The van der Waals surface area contributed by atoms with Crippen molar-refractivity contribution in [1.82, 2.24) is 19.5 Å². The van der Waals surface area contributed by atoms with E-state index in [9.17, 15) is 9.18 Å². The van der Waals surface area contributed by atoms with Crippen LogP contribution in [0.3, 0.4) is 0 Å². The van der Waals surface area contributed by atoms with Gasteiger partial charge in [0.2, 0.25) is 0 Å². The van der Waals surface area contributed by atoms with Gasteiger partial charge in [-0.25, -0.2) is 13.9 Å². The van der Waals surface area contributed by atoms with Gasteiger partial charge in [0.15, 0.2) is 5.65 Å². The summed E-state index contributed by atoms with van der Waals surface area (Å²) in [4.78, 5) is 20.2. The third-order valence-corrected chi connectivity index (χ3v) is 6.59. The van der Waals surface area contributed by atoms with Crippen LogP contribution in [-0.2, 0) is 0 Å². The number of nitrogens with zero attached hydrogens (tertiary/aromatic N) is 4. The normalized spacial score (nSPS) is 19.1.